The highest BCUT2D eigenvalue weighted by Gasteiger charge is 2.32. The molecule has 6 nitrogen and oxygen atoms in total. The number of nitrogens with one attached hydrogen (secondary N) is 2. The van der Waals surface area contributed by atoms with Gasteiger partial charge in [-0.15, -0.1) is 0 Å². The molecule has 0 spiro atoms. The Morgan fingerprint density at radius 3 is 2.84 bits per heavy atom. The van der Waals surface area contributed by atoms with Crippen LogP contribution in [0.5, 0.6) is 0 Å². The summed E-state index contributed by atoms with van der Waals surface area (Å²) in [6.45, 7) is 1.95. The summed E-state index contributed by atoms with van der Waals surface area (Å²) in [5, 5.41) is 20.6. The first-order chi connectivity index (χ1) is 12.1. The number of nitrogens with zero attached hydrogens (tertiary/aromatic N) is 2. The van der Waals surface area contributed by atoms with E-state index in [4.69, 9.17) is 0 Å². The van der Waals surface area contributed by atoms with E-state index in [1.54, 1.807) is 6.20 Å². The van der Waals surface area contributed by atoms with Crippen LogP contribution in [0.4, 0.5) is 10.6 Å². The monoisotopic (exact) mass is 340 g/mol. The second kappa shape index (κ2) is 6.52. The largest absolute Gasteiger partial charge is 0.390 e. The van der Waals surface area contributed by atoms with Crippen LogP contribution in [0, 0.1) is 6.92 Å². The summed E-state index contributed by atoms with van der Waals surface area (Å²) in [6.07, 6.45) is 6.40. The van der Waals surface area contributed by atoms with E-state index < -0.39 is 6.10 Å². The third-order valence-electron chi connectivity index (χ3n) is 5.37. The van der Waals surface area contributed by atoms with Gasteiger partial charge in [0, 0.05) is 12.0 Å². The molecular formula is C19H24N4O2. The number of aliphatic hydroxyl groups is 1. The number of urea groups is 1. The molecule has 0 saturated heterocycles. The van der Waals surface area contributed by atoms with Crippen LogP contribution in [0.1, 0.15) is 54.5 Å². The molecule has 0 unspecified atom stereocenters. The molecule has 4 rings (SSSR count). The molecule has 2 aliphatic rings. The molecule has 1 heterocycles. The van der Waals surface area contributed by atoms with Crippen LogP contribution in [0.3, 0.4) is 0 Å². The van der Waals surface area contributed by atoms with E-state index in [0.717, 1.165) is 35.3 Å². The lowest BCUT2D eigenvalue weighted by Crippen LogP contribution is -2.37. The molecule has 2 aliphatic carbocycles. The first-order valence-corrected chi connectivity index (χ1v) is 9.01. The summed E-state index contributed by atoms with van der Waals surface area (Å²) < 4.78 is 1.95. The number of carbonyl (C=O) groups excluding carboxylic acids is 1. The maximum atomic E-state index is 12.6. The lowest BCUT2D eigenvalue weighted by atomic mass is 10.1. The van der Waals surface area contributed by atoms with Crippen molar-refractivity contribution in [3.05, 3.63) is 47.2 Å². The van der Waals surface area contributed by atoms with Crippen molar-refractivity contribution in [3.8, 4) is 0 Å². The van der Waals surface area contributed by atoms with Gasteiger partial charge in [0.15, 0.2) is 0 Å². The lowest BCUT2D eigenvalue weighted by Gasteiger charge is -2.20. The number of hydrogen-bond acceptors (Lipinski definition) is 3. The smallest absolute Gasteiger partial charge is 0.320 e. The minimum atomic E-state index is -0.594. The van der Waals surface area contributed by atoms with Gasteiger partial charge in [0.2, 0.25) is 0 Å². The summed E-state index contributed by atoms with van der Waals surface area (Å²) in [5.41, 5.74) is 3.04. The minimum Gasteiger partial charge on any atom is -0.390 e. The Balaban J connectivity index is 1.49. The zero-order chi connectivity index (χ0) is 17.4. The van der Waals surface area contributed by atoms with Crippen molar-refractivity contribution >= 4 is 11.8 Å². The van der Waals surface area contributed by atoms with Gasteiger partial charge in [0.1, 0.15) is 5.82 Å². The highest BCUT2D eigenvalue weighted by molar-refractivity contribution is 5.89. The molecule has 25 heavy (non-hydrogen) atoms. The minimum absolute atomic E-state index is 0.302. The molecule has 0 aliphatic heterocycles. The van der Waals surface area contributed by atoms with Crippen LogP contribution in [0.2, 0.25) is 0 Å². The van der Waals surface area contributed by atoms with E-state index in [1.807, 2.05) is 35.9 Å². The SMILES string of the molecule is Cc1cnn(C2CCCC2)c1NC(=O)N[C@@H]1c2ccccc2C[C@@H]1O. The Morgan fingerprint density at radius 2 is 2.04 bits per heavy atom. The maximum absolute atomic E-state index is 12.6. The fourth-order valence-electron chi connectivity index (χ4n) is 4.06. The predicted molar refractivity (Wildman–Crippen MR) is 95.5 cm³/mol. The maximum Gasteiger partial charge on any atom is 0.320 e. The molecule has 1 aromatic heterocycles. The molecule has 0 bridgehead atoms. The molecule has 2 atom stereocenters. The van der Waals surface area contributed by atoms with Gasteiger partial charge in [-0.25, -0.2) is 9.48 Å². The van der Waals surface area contributed by atoms with E-state index >= 15 is 0 Å². The van der Waals surface area contributed by atoms with E-state index in [-0.39, 0.29) is 12.1 Å². The third-order valence-corrected chi connectivity index (χ3v) is 5.37. The van der Waals surface area contributed by atoms with Gasteiger partial charge in [-0.3, -0.25) is 5.32 Å². The highest BCUT2D eigenvalue weighted by atomic mass is 16.3. The van der Waals surface area contributed by atoms with Gasteiger partial charge < -0.3 is 10.4 Å². The van der Waals surface area contributed by atoms with Crippen LogP contribution < -0.4 is 10.6 Å². The number of fused-ring (bicyclic) bond motifs is 1. The van der Waals surface area contributed by atoms with Crippen LogP contribution in [0.25, 0.3) is 0 Å². The second-order valence-corrected chi connectivity index (χ2v) is 7.11. The molecule has 2 amide bonds. The van der Waals surface area contributed by atoms with Crippen molar-refractivity contribution < 1.29 is 9.90 Å². The Bertz CT molecular complexity index is 779. The Labute approximate surface area is 147 Å². The Morgan fingerprint density at radius 1 is 1.28 bits per heavy atom. The summed E-state index contributed by atoms with van der Waals surface area (Å²) in [7, 11) is 0. The number of carbonyl (C=O) groups is 1. The second-order valence-electron chi connectivity index (χ2n) is 7.11. The van der Waals surface area contributed by atoms with Crippen molar-refractivity contribution in [1.82, 2.24) is 15.1 Å². The predicted octanol–water partition coefficient (Wildman–Crippen LogP) is 3.09. The topological polar surface area (TPSA) is 79.2 Å². The summed E-state index contributed by atoms with van der Waals surface area (Å²) >= 11 is 0. The molecule has 132 valence electrons. The fourth-order valence-corrected chi connectivity index (χ4v) is 4.06. The first-order valence-electron chi connectivity index (χ1n) is 9.01. The molecule has 0 radical (unpaired) electrons. The fraction of sp³-hybridized carbons (Fsp3) is 0.474. The quantitative estimate of drug-likeness (QED) is 0.803. The number of anilines is 1. The summed E-state index contributed by atoms with van der Waals surface area (Å²) in [5.74, 6) is 0.755. The molecular weight excluding hydrogens is 316 g/mol. The average Bonchev–Trinajstić information content (AvgIpc) is 3.30. The number of aliphatic hydroxyl groups excluding tert-OH is 1. The third kappa shape index (κ3) is 3.02. The van der Waals surface area contributed by atoms with E-state index in [9.17, 15) is 9.90 Å². The summed E-state index contributed by atoms with van der Waals surface area (Å²) in [4.78, 5) is 12.6. The van der Waals surface area contributed by atoms with Crippen LogP contribution in [-0.2, 0) is 6.42 Å². The summed E-state index contributed by atoms with van der Waals surface area (Å²) in [6, 6.07) is 7.53. The average molecular weight is 340 g/mol. The van der Waals surface area contributed by atoms with Crippen molar-refractivity contribution in [2.45, 2.75) is 57.2 Å². The van der Waals surface area contributed by atoms with Gasteiger partial charge in [0.25, 0.3) is 0 Å². The number of aromatic nitrogens is 2. The zero-order valence-electron chi connectivity index (χ0n) is 14.4. The molecule has 2 aromatic rings. The van der Waals surface area contributed by atoms with Crippen LogP contribution >= 0.6 is 0 Å². The highest BCUT2D eigenvalue weighted by Crippen LogP contribution is 2.33. The molecule has 6 heteroatoms. The first kappa shape index (κ1) is 16.1. The number of rotatable bonds is 3. The molecule has 1 fully saturated rings. The van der Waals surface area contributed by atoms with Crippen molar-refractivity contribution in [2.75, 3.05) is 5.32 Å². The normalized spacial score (nSPS) is 22.8. The van der Waals surface area contributed by atoms with Gasteiger partial charge >= 0.3 is 6.03 Å². The number of hydrogen-bond donors (Lipinski definition) is 3. The van der Waals surface area contributed by atoms with E-state index in [2.05, 4.69) is 15.7 Å². The standard InChI is InChI=1S/C19H24N4O2/c1-12-11-20-23(14-7-3-4-8-14)18(12)22-19(25)21-17-15-9-5-2-6-13(15)10-16(17)24/h2,5-6,9,11,14,16-17,24H,3-4,7-8,10H2,1H3,(H2,21,22,25)/t16-,17+/m0/s1. The molecule has 1 aromatic carbocycles. The van der Waals surface area contributed by atoms with Gasteiger partial charge in [0.05, 0.1) is 24.4 Å². The molecule has 1 saturated carbocycles. The number of aryl methyl sites for hydroxylation is 1. The van der Waals surface area contributed by atoms with Crippen molar-refractivity contribution in [2.24, 2.45) is 0 Å². The van der Waals surface area contributed by atoms with Crippen LogP contribution in [-0.4, -0.2) is 27.0 Å². The van der Waals surface area contributed by atoms with Gasteiger partial charge in [-0.2, -0.15) is 5.10 Å². The number of benzene rings is 1. The zero-order valence-corrected chi connectivity index (χ0v) is 14.4. The number of amides is 2. The van der Waals surface area contributed by atoms with Crippen molar-refractivity contribution in [1.29, 1.82) is 0 Å². The van der Waals surface area contributed by atoms with Crippen molar-refractivity contribution in [3.63, 3.8) is 0 Å². The van der Waals surface area contributed by atoms with E-state index in [0.29, 0.717) is 12.5 Å². The van der Waals surface area contributed by atoms with E-state index in [1.165, 1.54) is 12.8 Å². The Hall–Kier alpha value is -2.34. The van der Waals surface area contributed by atoms with Gasteiger partial charge in [-0.05, 0) is 30.9 Å². The lowest BCUT2D eigenvalue weighted by molar-refractivity contribution is 0.144. The van der Waals surface area contributed by atoms with Crippen LogP contribution in [0.15, 0.2) is 30.5 Å². The Kier molecular flexibility index (Phi) is 4.21. The van der Waals surface area contributed by atoms with Gasteiger partial charge in [-0.1, -0.05) is 37.1 Å². The molecule has 3 N–H and O–H groups in total.